The molecule has 0 heterocycles. The maximum atomic E-state index is 13.4. The van der Waals surface area contributed by atoms with Crippen LogP contribution in [0, 0.1) is 11.6 Å². The number of benzene rings is 1. The van der Waals surface area contributed by atoms with Crippen LogP contribution in [0.15, 0.2) is 12.1 Å². The number of hydrogen-bond donors (Lipinski definition) is 2. The molecule has 0 unspecified atom stereocenters. The molecule has 0 saturated heterocycles. The molecule has 1 aromatic carbocycles. The van der Waals surface area contributed by atoms with Crippen LogP contribution in [0.4, 0.5) is 14.5 Å². The first kappa shape index (κ1) is 14.2. The lowest BCUT2D eigenvalue weighted by Crippen LogP contribution is -2.35. The van der Waals surface area contributed by atoms with Crippen LogP contribution in [-0.2, 0) is 0 Å². The van der Waals surface area contributed by atoms with Crippen molar-refractivity contribution in [2.45, 2.75) is 32.3 Å². The Morgan fingerprint density at radius 3 is 2.35 bits per heavy atom. The molecule has 2 nitrogen and oxygen atoms in total. The van der Waals surface area contributed by atoms with Crippen LogP contribution in [-0.4, -0.2) is 17.3 Å². The zero-order chi connectivity index (χ0) is 13.1. The van der Waals surface area contributed by atoms with Crippen molar-refractivity contribution in [1.82, 2.24) is 0 Å². The molecule has 1 aromatic rings. The van der Waals surface area contributed by atoms with Gasteiger partial charge in [0, 0.05) is 12.6 Å². The topological polar surface area (TPSA) is 32.3 Å². The molecule has 96 valence electrons. The quantitative estimate of drug-likeness (QED) is 0.851. The molecule has 0 radical (unpaired) electrons. The Labute approximate surface area is 105 Å². The van der Waals surface area contributed by atoms with Gasteiger partial charge in [-0.2, -0.15) is 0 Å². The number of rotatable bonds is 5. The average molecular weight is 264 g/mol. The van der Waals surface area contributed by atoms with Crippen molar-refractivity contribution < 1.29 is 13.9 Å². The molecule has 0 bridgehead atoms. The molecule has 0 aromatic heterocycles. The summed E-state index contributed by atoms with van der Waals surface area (Å²) in [5, 5.41) is 12.7. The summed E-state index contributed by atoms with van der Waals surface area (Å²) in [7, 11) is 0. The van der Waals surface area contributed by atoms with Crippen LogP contribution in [0.3, 0.4) is 0 Å². The van der Waals surface area contributed by atoms with Crippen molar-refractivity contribution in [3.8, 4) is 0 Å². The maximum Gasteiger partial charge on any atom is 0.150 e. The molecule has 0 aliphatic carbocycles. The molecule has 5 heteroatoms. The van der Waals surface area contributed by atoms with Crippen molar-refractivity contribution >= 4 is 17.3 Å². The van der Waals surface area contributed by atoms with E-state index < -0.39 is 17.2 Å². The molecule has 17 heavy (non-hydrogen) atoms. The second kappa shape index (κ2) is 5.65. The first-order valence-electron chi connectivity index (χ1n) is 5.52. The fraction of sp³-hybridized carbons (Fsp3) is 0.500. The van der Waals surface area contributed by atoms with Gasteiger partial charge >= 0.3 is 0 Å². The minimum absolute atomic E-state index is 0.0217. The van der Waals surface area contributed by atoms with Gasteiger partial charge in [-0.15, -0.1) is 0 Å². The van der Waals surface area contributed by atoms with Crippen LogP contribution in [0.5, 0.6) is 0 Å². The van der Waals surface area contributed by atoms with Crippen molar-refractivity contribution in [3.63, 3.8) is 0 Å². The number of aliphatic hydroxyl groups is 1. The van der Waals surface area contributed by atoms with E-state index in [0.29, 0.717) is 12.8 Å². The SMILES string of the molecule is CCC(O)(CC)CNc1c(F)cc(F)cc1Cl. The number of hydrogen-bond acceptors (Lipinski definition) is 2. The molecule has 0 saturated carbocycles. The Morgan fingerprint density at radius 2 is 1.88 bits per heavy atom. The standard InChI is InChI=1S/C12H16ClF2NO/c1-3-12(17,4-2)7-16-11-9(13)5-8(14)6-10(11)15/h5-6,16-17H,3-4,7H2,1-2H3. The summed E-state index contributed by atoms with van der Waals surface area (Å²) < 4.78 is 26.2. The Morgan fingerprint density at radius 1 is 1.29 bits per heavy atom. The third-order valence-electron chi connectivity index (χ3n) is 2.92. The van der Waals surface area contributed by atoms with Gasteiger partial charge in [0.25, 0.3) is 0 Å². The van der Waals surface area contributed by atoms with Gasteiger partial charge in [-0.3, -0.25) is 0 Å². The summed E-state index contributed by atoms with van der Waals surface area (Å²) in [6, 6.07) is 1.79. The van der Waals surface area contributed by atoms with Gasteiger partial charge in [0.15, 0.2) is 5.82 Å². The molecule has 0 fully saturated rings. The Balaban J connectivity index is 2.83. The average Bonchev–Trinajstić information content (AvgIpc) is 2.27. The highest BCUT2D eigenvalue weighted by Gasteiger charge is 2.22. The molecule has 0 aliphatic rings. The minimum Gasteiger partial charge on any atom is -0.388 e. The number of halogens is 3. The van der Waals surface area contributed by atoms with Gasteiger partial charge in [-0.25, -0.2) is 8.78 Å². The Kier molecular flexibility index (Phi) is 4.71. The smallest absolute Gasteiger partial charge is 0.150 e. The summed E-state index contributed by atoms with van der Waals surface area (Å²) in [4.78, 5) is 0. The van der Waals surface area contributed by atoms with Crippen molar-refractivity contribution in [3.05, 3.63) is 28.8 Å². The van der Waals surface area contributed by atoms with Crippen molar-refractivity contribution in [2.24, 2.45) is 0 Å². The van der Waals surface area contributed by atoms with Gasteiger partial charge in [0.05, 0.1) is 16.3 Å². The highest BCUT2D eigenvalue weighted by molar-refractivity contribution is 6.33. The fourth-order valence-electron chi connectivity index (χ4n) is 1.46. The third-order valence-corrected chi connectivity index (χ3v) is 3.22. The van der Waals surface area contributed by atoms with Gasteiger partial charge in [-0.05, 0) is 18.9 Å². The van der Waals surface area contributed by atoms with Gasteiger partial charge < -0.3 is 10.4 Å². The van der Waals surface area contributed by atoms with E-state index >= 15 is 0 Å². The predicted molar refractivity (Wildman–Crippen MR) is 65.4 cm³/mol. The number of nitrogens with one attached hydrogen (secondary N) is 1. The van der Waals surface area contributed by atoms with E-state index in [1.165, 1.54) is 0 Å². The van der Waals surface area contributed by atoms with E-state index in [4.69, 9.17) is 11.6 Å². The number of anilines is 1. The van der Waals surface area contributed by atoms with Gasteiger partial charge in [0.1, 0.15) is 5.82 Å². The monoisotopic (exact) mass is 263 g/mol. The first-order chi connectivity index (χ1) is 7.91. The molecule has 0 amide bonds. The second-order valence-electron chi connectivity index (χ2n) is 4.03. The van der Waals surface area contributed by atoms with E-state index in [1.807, 2.05) is 13.8 Å². The molecule has 1 rings (SSSR count). The van der Waals surface area contributed by atoms with Crippen molar-refractivity contribution in [2.75, 3.05) is 11.9 Å². The van der Waals surface area contributed by atoms with E-state index in [9.17, 15) is 13.9 Å². The first-order valence-corrected chi connectivity index (χ1v) is 5.90. The van der Waals surface area contributed by atoms with Crippen molar-refractivity contribution in [1.29, 1.82) is 0 Å². The van der Waals surface area contributed by atoms with Gasteiger partial charge in [0.2, 0.25) is 0 Å². The van der Waals surface area contributed by atoms with Crippen LogP contribution < -0.4 is 5.32 Å². The summed E-state index contributed by atoms with van der Waals surface area (Å²) in [6.45, 7) is 3.85. The van der Waals surface area contributed by atoms with E-state index in [-0.39, 0.29) is 17.3 Å². The molecule has 0 aliphatic heterocycles. The van der Waals surface area contributed by atoms with Crippen LogP contribution >= 0.6 is 11.6 Å². The molecular formula is C12H16ClF2NO. The highest BCUT2D eigenvalue weighted by atomic mass is 35.5. The lowest BCUT2D eigenvalue weighted by molar-refractivity contribution is 0.0456. The highest BCUT2D eigenvalue weighted by Crippen LogP contribution is 2.27. The summed E-state index contributed by atoms with van der Waals surface area (Å²) in [5.74, 6) is -1.48. The molecular weight excluding hydrogens is 248 g/mol. The van der Waals surface area contributed by atoms with Crippen LogP contribution in [0.25, 0.3) is 0 Å². The fourth-order valence-corrected chi connectivity index (χ4v) is 1.73. The molecule has 0 atom stereocenters. The largest absolute Gasteiger partial charge is 0.388 e. The Hall–Kier alpha value is -0.870. The lowest BCUT2D eigenvalue weighted by Gasteiger charge is -2.26. The lowest BCUT2D eigenvalue weighted by atomic mass is 9.97. The predicted octanol–water partition coefficient (Wildman–Crippen LogP) is 3.58. The third kappa shape index (κ3) is 3.54. The molecule has 0 spiro atoms. The maximum absolute atomic E-state index is 13.4. The minimum atomic E-state index is -0.913. The van der Waals surface area contributed by atoms with Crippen LogP contribution in [0.1, 0.15) is 26.7 Å². The van der Waals surface area contributed by atoms with Gasteiger partial charge in [-0.1, -0.05) is 25.4 Å². The summed E-state index contributed by atoms with van der Waals surface area (Å²) in [6.07, 6.45) is 1.08. The zero-order valence-electron chi connectivity index (χ0n) is 9.86. The van der Waals surface area contributed by atoms with E-state index in [1.54, 1.807) is 0 Å². The second-order valence-corrected chi connectivity index (χ2v) is 4.44. The molecule has 2 N–H and O–H groups in total. The zero-order valence-corrected chi connectivity index (χ0v) is 10.6. The summed E-state index contributed by atoms with van der Waals surface area (Å²) >= 11 is 5.73. The van der Waals surface area contributed by atoms with E-state index in [0.717, 1.165) is 12.1 Å². The normalized spacial score (nSPS) is 11.6. The Bertz CT molecular complexity index is 371. The summed E-state index contributed by atoms with van der Waals surface area (Å²) in [5.41, 5.74) is -0.891. The van der Waals surface area contributed by atoms with E-state index in [2.05, 4.69) is 5.32 Å². The van der Waals surface area contributed by atoms with Crippen LogP contribution in [0.2, 0.25) is 5.02 Å².